The predicted molar refractivity (Wildman–Crippen MR) is 102 cm³/mol. The van der Waals surface area contributed by atoms with E-state index in [4.69, 9.17) is 4.99 Å². The zero-order valence-corrected chi connectivity index (χ0v) is 14.7. The number of benzene rings is 2. The summed E-state index contributed by atoms with van der Waals surface area (Å²) < 4.78 is 0. The molecular weight excluding hydrogens is 310 g/mol. The molecule has 0 spiro atoms. The van der Waals surface area contributed by atoms with Crippen molar-refractivity contribution in [2.45, 2.75) is 26.8 Å². The molecule has 1 unspecified atom stereocenters. The van der Waals surface area contributed by atoms with Crippen LogP contribution in [0.4, 0.5) is 10.5 Å². The van der Waals surface area contributed by atoms with Crippen LogP contribution < -0.4 is 10.6 Å². The van der Waals surface area contributed by atoms with Crippen LogP contribution in [-0.4, -0.2) is 11.7 Å². The number of nitrogens with one attached hydrogen (secondary N) is 2. The lowest BCUT2D eigenvalue weighted by atomic mass is 9.90. The molecule has 2 aromatic rings. The molecule has 1 radical (unpaired) electrons. The molecule has 4 heteroatoms. The lowest BCUT2D eigenvalue weighted by Crippen LogP contribution is -2.29. The summed E-state index contributed by atoms with van der Waals surface area (Å²) in [5.41, 5.74) is 3.42. The molecule has 3 rings (SSSR count). The Morgan fingerprint density at radius 1 is 1.08 bits per heavy atom. The average molecular weight is 332 g/mol. The van der Waals surface area contributed by atoms with Crippen molar-refractivity contribution < 1.29 is 4.79 Å². The standard InChI is InChI=1S/C21H22N3O/c1-21(2,3)18-14-17(19(24-18)15-10-6-4-7-11-15)23-20(25)22-16-12-8-5-9-13-16/h4-6,8-14,19H,1-3H3,(H2,22,23,25). The molecule has 1 atom stereocenters. The Labute approximate surface area is 148 Å². The Kier molecular flexibility index (Phi) is 4.70. The minimum atomic E-state index is -0.271. The van der Waals surface area contributed by atoms with Crippen molar-refractivity contribution in [1.82, 2.24) is 5.32 Å². The Morgan fingerprint density at radius 3 is 2.48 bits per heavy atom. The number of hydrogen-bond donors (Lipinski definition) is 2. The molecule has 0 saturated heterocycles. The van der Waals surface area contributed by atoms with Gasteiger partial charge in [0.2, 0.25) is 0 Å². The molecule has 2 N–H and O–H groups in total. The van der Waals surface area contributed by atoms with Gasteiger partial charge in [0, 0.05) is 16.8 Å². The van der Waals surface area contributed by atoms with Crippen LogP contribution in [-0.2, 0) is 0 Å². The first-order valence-electron chi connectivity index (χ1n) is 8.32. The van der Waals surface area contributed by atoms with Gasteiger partial charge < -0.3 is 10.6 Å². The number of para-hydroxylation sites is 1. The molecule has 1 aliphatic heterocycles. The molecule has 1 heterocycles. The third-order valence-corrected chi connectivity index (χ3v) is 3.96. The summed E-state index contributed by atoms with van der Waals surface area (Å²) in [6.45, 7) is 6.34. The topological polar surface area (TPSA) is 53.5 Å². The van der Waals surface area contributed by atoms with E-state index in [2.05, 4.69) is 37.5 Å². The lowest BCUT2D eigenvalue weighted by molar-refractivity contribution is 0.254. The van der Waals surface area contributed by atoms with Gasteiger partial charge in [-0.15, -0.1) is 0 Å². The maximum atomic E-state index is 12.4. The highest BCUT2D eigenvalue weighted by molar-refractivity contribution is 6.02. The van der Waals surface area contributed by atoms with E-state index >= 15 is 0 Å². The van der Waals surface area contributed by atoms with Crippen LogP contribution in [0, 0.1) is 11.5 Å². The fourth-order valence-corrected chi connectivity index (χ4v) is 2.63. The van der Waals surface area contributed by atoms with Crippen LogP contribution in [0.1, 0.15) is 32.4 Å². The van der Waals surface area contributed by atoms with Crippen molar-refractivity contribution in [3.05, 3.63) is 78.0 Å². The lowest BCUT2D eigenvalue weighted by Gasteiger charge is -2.17. The highest BCUT2D eigenvalue weighted by Crippen LogP contribution is 2.33. The van der Waals surface area contributed by atoms with Crippen LogP contribution in [0.5, 0.6) is 0 Å². The van der Waals surface area contributed by atoms with Gasteiger partial charge in [-0.1, -0.05) is 57.2 Å². The van der Waals surface area contributed by atoms with Crippen LogP contribution >= 0.6 is 0 Å². The quantitative estimate of drug-likeness (QED) is 0.838. The summed E-state index contributed by atoms with van der Waals surface area (Å²) in [6, 6.07) is 19.7. The number of carbonyl (C=O) groups excluding carboxylic acids is 1. The van der Waals surface area contributed by atoms with Crippen molar-refractivity contribution in [1.29, 1.82) is 0 Å². The van der Waals surface area contributed by atoms with E-state index in [0.717, 1.165) is 22.7 Å². The molecule has 1 aliphatic rings. The first kappa shape index (κ1) is 17.0. The number of urea groups is 1. The Morgan fingerprint density at radius 2 is 1.84 bits per heavy atom. The number of nitrogens with zero attached hydrogens (tertiary/aromatic N) is 1. The number of rotatable bonds is 3. The molecule has 0 fully saturated rings. The van der Waals surface area contributed by atoms with Gasteiger partial charge in [-0.25, -0.2) is 4.79 Å². The number of allylic oxidation sites excluding steroid dienone is 1. The Hall–Kier alpha value is -2.88. The van der Waals surface area contributed by atoms with E-state index in [-0.39, 0.29) is 17.5 Å². The van der Waals surface area contributed by atoms with Crippen LogP contribution in [0.25, 0.3) is 0 Å². The molecule has 25 heavy (non-hydrogen) atoms. The molecule has 2 amide bonds. The smallest absolute Gasteiger partial charge is 0.309 e. The summed E-state index contributed by atoms with van der Waals surface area (Å²) in [5, 5.41) is 5.81. The van der Waals surface area contributed by atoms with Gasteiger partial charge in [-0.2, -0.15) is 0 Å². The molecular formula is C21H22N3O. The largest absolute Gasteiger partial charge is 0.323 e. The minimum Gasteiger partial charge on any atom is -0.309 e. The maximum absolute atomic E-state index is 12.4. The number of carbonyl (C=O) groups is 1. The van der Waals surface area contributed by atoms with Crippen LogP contribution in [0.2, 0.25) is 0 Å². The van der Waals surface area contributed by atoms with Gasteiger partial charge >= 0.3 is 6.03 Å². The first-order chi connectivity index (χ1) is 11.9. The SMILES string of the molecule is CC(C)(C)C1=NC(c2c[c]ccc2)C(NC(=O)Nc2ccccc2)=C1. The zero-order chi connectivity index (χ0) is 17.9. The number of aliphatic imine (C=N–C) groups is 1. The third-order valence-electron chi connectivity index (χ3n) is 3.96. The van der Waals surface area contributed by atoms with Gasteiger partial charge in [-0.3, -0.25) is 4.99 Å². The van der Waals surface area contributed by atoms with E-state index in [9.17, 15) is 4.79 Å². The van der Waals surface area contributed by atoms with E-state index in [1.807, 2.05) is 60.7 Å². The van der Waals surface area contributed by atoms with E-state index in [0.29, 0.717) is 0 Å². The Balaban J connectivity index is 1.81. The summed E-state index contributed by atoms with van der Waals surface area (Å²) >= 11 is 0. The van der Waals surface area contributed by atoms with Crippen molar-refractivity contribution in [2.75, 3.05) is 5.32 Å². The van der Waals surface area contributed by atoms with E-state index in [1.54, 1.807) is 0 Å². The molecule has 2 aromatic carbocycles. The molecule has 0 saturated carbocycles. The van der Waals surface area contributed by atoms with Crippen LogP contribution in [0.3, 0.4) is 0 Å². The molecule has 0 aliphatic carbocycles. The highest BCUT2D eigenvalue weighted by atomic mass is 16.2. The monoisotopic (exact) mass is 332 g/mol. The summed E-state index contributed by atoms with van der Waals surface area (Å²) in [4.78, 5) is 17.2. The third kappa shape index (κ3) is 4.15. The van der Waals surface area contributed by atoms with E-state index < -0.39 is 0 Å². The fraction of sp³-hybridized carbons (Fsp3) is 0.238. The minimum absolute atomic E-state index is 0.0872. The first-order valence-corrected chi connectivity index (χ1v) is 8.32. The van der Waals surface area contributed by atoms with Gasteiger partial charge in [0.05, 0.1) is 5.70 Å². The van der Waals surface area contributed by atoms with Gasteiger partial charge in [-0.05, 0) is 35.9 Å². The Bertz CT molecular complexity index is 802. The highest BCUT2D eigenvalue weighted by Gasteiger charge is 2.29. The number of amides is 2. The van der Waals surface area contributed by atoms with Gasteiger partial charge in [0.25, 0.3) is 0 Å². The normalized spacial score (nSPS) is 16.8. The molecule has 0 bridgehead atoms. The van der Waals surface area contributed by atoms with Crippen molar-refractivity contribution >= 4 is 17.4 Å². The number of anilines is 1. The van der Waals surface area contributed by atoms with Crippen LogP contribution in [0.15, 0.2) is 71.4 Å². The van der Waals surface area contributed by atoms with Gasteiger partial charge in [0.15, 0.2) is 0 Å². The number of hydrogen-bond acceptors (Lipinski definition) is 2. The summed E-state index contributed by atoms with van der Waals surface area (Å²) in [7, 11) is 0. The molecule has 0 aromatic heterocycles. The summed E-state index contributed by atoms with van der Waals surface area (Å²) in [6.07, 6.45) is 1.97. The molecule has 127 valence electrons. The van der Waals surface area contributed by atoms with Gasteiger partial charge in [0.1, 0.15) is 6.04 Å². The summed E-state index contributed by atoms with van der Waals surface area (Å²) in [5.74, 6) is 0. The van der Waals surface area contributed by atoms with Crippen molar-refractivity contribution in [3.63, 3.8) is 0 Å². The average Bonchev–Trinajstić information content (AvgIpc) is 3.00. The van der Waals surface area contributed by atoms with E-state index in [1.165, 1.54) is 0 Å². The predicted octanol–water partition coefficient (Wildman–Crippen LogP) is 4.73. The maximum Gasteiger partial charge on any atom is 0.323 e. The zero-order valence-electron chi connectivity index (χ0n) is 14.7. The van der Waals surface area contributed by atoms with Crippen molar-refractivity contribution in [3.8, 4) is 0 Å². The fourth-order valence-electron chi connectivity index (χ4n) is 2.63. The second-order valence-electron chi connectivity index (χ2n) is 7.05. The van der Waals surface area contributed by atoms with Crippen molar-refractivity contribution in [2.24, 2.45) is 10.4 Å². The molecule has 4 nitrogen and oxygen atoms in total. The second kappa shape index (κ2) is 6.93. The second-order valence-corrected chi connectivity index (χ2v) is 7.05.